The molecule has 0 fully saturated rings. The van der Waals surface area contributed by atoms with E-state index in [0.29, 0.717) is 5.15 Å². The minimum atomic E-state index is 0.220. The molecule has 4 nitrogen and oxygen atoms in total. The van der Waals surface area contributed by atoms with Gasteiger partial charge in [-0.05, 0) is 18.8 Å². The molecule has 19 heavy (non-hydrogen) atoms. The predicted octanol–water partition coefficient (Wildman–Crippen LogP) is 2.61. The summed E-state index contributed by atoms with van der Waals surface area (Å²) in [6.45, 7) is 11.5. The predicted molar refractivity (Wildman–Crippen MR) is 79.4 cm³/mol. The van der Waals surface area contributed by atoms with Gasteiger partial charge in [-0.1, -0.05) is 32.4 Å². The lowest BCUT2D eigenvalue weighted by atomic mass is 9.95. The Kier molecular flexibility index (Phi) is 5.83. The highest BCUT2D eigenvalue weighted by atomic mass is 35.5. The highest BCUT2D eigenvalue weighted by molar-refractivity contribution is 6.30. The second-order valence-electron chi connectivity index (χ2n) is 6.33. The number of hydrogen-bond donors (Lipinski definition) is 1. The molecule has 0 aliphatic heterocycles. The third-order valence-corrected chi connectivity index (χ3v) is 3.45. The van der Waals surface area contributed by atoms with Crippen LogP contribution >= 0.6 is 11.6 Å². The Bertz CT molecular complexity index is 410. The van der Waals surface area contributed by atoms with Gasteiger partial charge < -0.3 is 5.11 Å². The average molecular weight is 288 g/mol. The minimum absolute atomic E-state index is 0.220. The van der Waals surface area contributed by atoms with Crippen molar-refractivity contribution in [3.05, 3.63) is 16.4 Å². The molecule has 0 amide bonds. The minimum Gasteiger partial charge on any atom is -0.396 e. The first-order valence-electron chi connectivity index (χ1n) is 6.76. The van der Waals surface area contributed by atoms with E-state index in [2.05, 4.69) is 30.8 Å². The van der Waals surface area contributed by atoms with E-state index in [0.717, 1.165) is 37.3 Å². The fraction of sp³-hybridized carbons (Fsp3) is 0.786. The van der Waals surface area contributed by atoms with E-state index in [-0.39, 0.29) is 12.0 Å². The van der Waals surface area contributed by atoms with Crippen molar-refractivity contribution < 1.29 is 5.11 Å². The Morgan fingerprint density at radius 2 is 2.00 bits per heavy atom. The van der Waals surface area contributed by atoms with E-state index in [1.54, 1.807) is 4.68 Å². The van der Waals surface area contributed by atoms with Gasteiger partial charge in [0.25, 0.3) is 0 Å². The normalized spacial score (nSPS) is 12.4. The van der Waals surface area contributed by atoms with Crippen molar-refractivity contribution in [1.29, 1.82) is 0 Å². The maximum atomic E-state index is 9.02. The summed E-state index contributed by atoms with van der Waals surface area (Å²) in [7, 11) is 1.86. The number of rotatable bonds is 6. The van der Waals surface area contributed by atoms with Gasteiger partial charge in [-0.15, -0.1) is 0 Å². The molecular weight excluding hydrogens is 262 g/mol. The summed E-state index contributed by atoms with van der Waals surface area (Å²) in [5.41, 5.74) is 2.29. The molecule has 110 valence electrons. The Morgan fingerprint density at radius 3 is 2.42 bits per heavy atom. The zero-order valence-corrected chi connectivity index (χ0v) is 13.5. The number of nitrogens with zero attached hydrogens (tertiary/aromatic N) is 3. The lowest BCUT2D eigenvalue weighted by Crippen LogP contribution is -2.33. The van der Waals surface area contributed by atoms with Crippen LogP contribution in [0.15, 0.2) is 0 Å². The number of aliphatic hydroxyl groups is 1. The van der Waals surface area contributed by atoms with Gasteiger partial charge in [0, 0.05) is 38.9 Å². The second-order valence-corrected chi connectivity index (χ2v) is 6.68. The van der Waals surface area contributed by atoms with Crippen LogP contribution in [-0.2, 0) is 13.6 Å². The Hall–Kier alpha value is -0.580. The van der Waals surface area contributed by atoms with Crippen molar-refractivity contribution >= 4 is 11.6 Å². The van der Waals surface area contributed by atoms with Gasteiger partial charge in [-0.25, -0.2) is 0 Å². The van der Waals surface area contributed by atoms with E-state index in [1.165, 1.54) is 0 Å². The molecule has 0 aromatic carbocycles. The van der Waals surface area contributed by atoms with E-state index in [1.807, 2.05) is 14.0 Å². The standard InChI is InChI=1S/C14H26ClN3O/c1-11-12(13(15)17(5)16-11)9-18(7-6-8-19)10-14(2,3)4/h19H,6-10H2,1-5H3. The zero-order valence-electron chi connectivity index (χ0n) is 12.7. The maximum Gasteiger partial charge on any atom is 0.131 e. The number of halogens is 1. The fourth-order valence-corrected chi connectivity index (χ4v) is 2.49. The van der Waals surface area contributed by atoms with Crippen LogP contribution in [0.3, 0.4) is 0 Å². The Balaban J connectivity index is 2.81. The van der Waals surface area contributed by atoms with E-state index in [9.17, 15) is 0 Å². The lowest BCUT2D eigenvalue weighted by molar-refractivity contribution is 0.166. The molecule has 1 aromatic heterocycles. The first-order chi connectivity index (χ1) is 8.74. The average Bonchev–Trinajstić information content (AvgIpc) is 2.51. The molecule has 0 atom stereocenters. The second kappa shape index (κ2) is 6.73. The van der Waals surface area contributed by atoms with Gasteiger partial charge in [0.2, 0.25) is 0 Å². The lowest BCUT2D eigenvalue weighted by Gasteiger charge is -2.29. The molecule has 0 aliphatic rings. The van der Waals surface area contributed by atoms with Crippen molar-refractivity contribution in [3.8, 4) is 0 Å². The molecule has 1 heterocycles. The summed E-state index contributed by atoms with van der Waals surface area (Å²) in [4.78, 5) is 2.34. The van der Waals surface area contributed by atoms with Gasteiger partial charge in [0.05, 0.1) is 5.69 Å². The van der Waals surface area contributed by atoms with Crippen LogP contribution < -0.4 is 0 Å². The molecule has 0 unspecified atom stereocenters. The molecule has 0 radical (unpaired) electrons. The summed E-state index contributed by atoms with van der Waals surface area (Å²) in [5, 5.41) is 14.1. The molecule has 1 aromatic rings. The smallest absolute Gasteiger partial charge is 0.131 e. The molecular formula is C14H26ClN3O. The van der Waals surface area contributed by atoms with Crippen molar-refractivity contribution in [3.63, 3.8) is 0 Å². The van der Waals surface area contributed by atoms with Gasteiger partial charge in [-0.3, -0.25) is 9.58 Å². The summed E-state index contributed by atoms with van der Waals surface area (Å²) in [6.07, 6.45) is 0.785. The third kappa shape index (κ3) is 5.13. The molecule has 1 N–H and O–H groups in total. The molecule has 0 aliphatic carbocycles. The van der Waals surface area contributed by atoms with E-state index >= 15 is 0 Å². The topological polar surface area (TPSA) is 41.3 Å². The molecule has 0 spiro atoms. The maximum absolute atomic E-state index is 9.02. The first kappa shape index (κ1) is 16.5. The molecule has 0 saturated carbocycles. The molecule has 0 bridgehead atoms. The summed E-state index contributed by atoms with van der Waals surface area (Å²) in [5.74, 6) is 0. The van der Waals surface area contributed by atoms with Gasteiger partial charge in [0.1, 0.15) is 5.15 Å². The van der Waals surface area contributed by atoms with Gasteiger partial charge in [0.15, 0.2) is 0 Å². The van der Waals surface area contributed by atoms with Crippen LogP contribution in [-0.4, -0.2) is 39.5 Å². The van der Waals surface area contributed by atoms with Crippen molar-refractivity contribution in [2.45, 2.75) is 40.7 Å². The number of aryl methyl sites for hydroxylation is 2. The van der Waals surface area contributed by atoms with E-state index in [4.69, 9.17) is 16.7 Å². The fourth-order valence-electron chi connectivity index (χ4n) is 2.26. The van der Waals surface area contributed by atoms with Crippen LogP contribution in [0, 0.1) is 12.3 Å². The molecule has 5 heteroatoms. The third-order valence-electron chi connectivity index (χ3n) is 2.98. The SMILES string of the molecule is Cc1nn(C)c(Cl)c1CN(CCCO)CC(C)(C)C. The van der Waals surface area contributed by atoms with Crippen molar-refractivity contribution in [2.75, 3.05) is 19.7 Å². The first-order valence-corrected chi connectivity index (χ1v) is 7.13. The van der Waals surface area contributed by atoms with Crippen LogP contribution in [0.1, 0.15) is 38.4 Å². The Morgan fingerprint density at radius 1 is 1.37 bits per heavy atom. The van der Waals surface area contributed by atoms with Crippen LogP contribution in [0.25, 0.3) is 0 Å². The largest absolute Gasteiger partial charge is 0.396 e. The highest BCUT2D eigenvalue weighted by Gasteiger charge is 2.20. The quantitative estimate of drug-likeness (QED) is 0.874. The van der Waals surface area contributed by atoms with E-state index < -0.39 is 0 Å². The number of aromatic nitrogens is 2. The van der Waals surface area contributed by atoms with Crippen LogP contribution in [0.2, 0.25) is 5.15 Å². The van der Waals surface area contributed by atoms with Gasteiger partial charge >= 0.3 is 0 Å². The summed E-state index contributed by atoms with van der Waals surface area (Å²) in [6, 6.07) is 0. The van der Waals surface area contributed by atoms with Crippen LogP contribution in [0.5, 0.6) is 0 Å². The highest BCUT2D eigenvalue weighted by Crippen LogP contribution is 2.23. The number of hydrogen-bond acceptors (Lipinski definition) is 3. The van der Waals surface area contributed by atoms with Gasteiger partial charge in [-0.2, -0.15) is 5.10 Å². The van der Waals surface area contributed by atoms with Crippen molar-refractivity contribution in [1.82, 2.24) is 14.7 Å². The Labute approximate surface area is 121 Å². The van der Waals surface area contributed by atoms with Crippen LogP contribution in [0.4, 0.5) is 0 Å². The monoisotopic (exact) mass is 287 g/mol. The molecule has 0 saturated heterocycles. The summed E-state index contributed by atoms with van der Waals surface area (Å²) < 4.78 is 1.72. The zero-order chi connectivity index (χ0) is 14.6. The summed E-state index contributed by atoms with van der Waals surface area (Å²) >= 11 is 6.29. The number of aliphatic hydroxyl groups excluding tert-OH is 1. The molecule has 1 rings (SSSR count). The van der Waals surface area contributed by atoms with Crippen molar-refractivity contribution in [2.24, 2.45) is 12.5 Å².